The van der Waals surface area contributed by atoms with Crippen LogP contribution in [-0.2, 0) is 14.3 Å². The summed E-state index contributed by atoms with van der Waals surface area (Å²) in [7, 11) is 4.60. The summed E-state index contributed by atoms with van der Waals surface area (Å²) in [6, 6.07) is 9.33. The Balaban J connectivity index is 1.82. The lowest BCUT2D eigenvalue weighted by atomic mass is 9.93. The average molecular weight is 497 g/mol. The predicted molar refractivity (Wildman–Crippen MR) is 130 cm³/mol. The zero-order chi connectivity index (χ0) is 25.8. The van der Waals surface area contributed by atoms with Crippen molar-refractivity contribution in [3.8, 4) is 17.2 Å². The second-order valence-electron chi connectivity index (χ2n) is 8.87. The lowest BCUT2D eigenvalue weighted by Crippen LogP contribution is -3.14. The molecule has 9 heteroatoms. The van der Waals surface area contributed by atoms with Gasteiger partial charge in [0.1, 0.15) is 30.3 Å². The molecule has 192 valence electrons. The number of quaternary nitrogens is 1. The molecule has 2 aliphatic rings. The molecule has 2 saturated heterocycles. The van der Waals surface area contributed by atoms with Crippen molar-refractivity contribution in [3.05, 3.63) is 58.7 Å². The summed E-state index contributed by atoms with van der Waals surface area (Å²) in [4.78, 5) is 29.4. The molecule has 1 unspecified atom stereocenters. The van der Waals surface area contributed by atoms with Crippen LogP contribution in [0.4, 0.5) is 0 Å². The van der Waals surface area contributed by atoms with E-state index in [0.29, 0.717) is 60.2 Å². The minimum absolute atomic E-state index is 0.0753. The van der Waals surface area contributed by atoms with Crippen molar-refractivity contribution in [1.29, 1.82) is 0 Å². The number of ketones is 1. The summed E-state index contributed by atoms with van der Waals surface area (Å²) >= 11 is 0. The lowest BCUT2D eigenvalue weighted by Gasteiger charge is -2.31. The average Bonchev–Trinajstić information content (AvgIpc) is 3.16. The minimum atomic E-state index is -0.875. The van der Waals surface area contributed by atoms with Crippen LogP contribution in [0.2, 0.25) is 0 Å². The Morgan fingerprint density at radius 3 is 2.33 bits per heavy atom. The maximum absolute atomic E-state index is 13.8. The molecule has 1 amide bonds. The van der Waals surface area contributed by atoms with Gasteiger partial charge < -0.3 is 33.9 Å². The SMILES string of the molecule is COc1ccc(C([O-])=C2C(=O)C(=O)N(CC[NH+]3CCOCC3)C2c2ccc(OC)cc2OC)c(C)c1. The standard InChI is InChI=1S/C27H32N2O7/c1-17-15-18(33-2)5-7-20(17)25(30)23-24(21-8-6-19(34-3)16-22(21)35-4)29(27(32)26(23)31)10-9-28-11-13-36-14-12-28/h5-8,15-16,24,30H,9-14H2,1-4H3. The van der Waals surface area contributed by atoms with Crippen LogP contribution in [0.5, 0.6) is 17.2 Å². The molecule has 0 saturated carbocycles. The number of benzene rings is 2. The van der Waals surface area contributed by atoms with Crippen LogP contribution in [0.25, 0.3) is 5.76 Å². The van der Waals surface area contributed by atoms with E-state index in [1.54, 1.807) is 57.5 Å². The van der Waals surface area contributed by atoms with E-state index in [0.717, 1.165) is 13.1 Å². The van der Waals surface area contributed by atoms with Crippen LogP contribution in [-0.4, -0.2) is 77.3 Å². The van der Waals surface area contributed by atoms with E-state index >= 15 is 0 Å². The van der Waals surface area contributed by atoms with E-state index < -0.39 is 23.5 Å². The van der Waals surface area contributed by atoms with Crippen molar-refractivity contribution < 1.29 is 38.5 Å². The van der Waals surface area contributed by atoms with Gasteiger partial charge in [-0.1, -0.05) is 11.8 Å². The third-order valence-electron chi connectivity index (χ3n) is 6.85. The number of nitrogens with zero attached hydrogens (tertiary/aromatic N) is 1. The first-order valence-corrected chi connectivity index (χ1v) is 11.9. The minimum Gasteiger partial charge on any atom is -0.872 e. The number of carbonyl (C=O) groups excluding carboxylic acids is 2. The quantitative estimate of drug-likeness (QED) is 0.316. The van der Waals surface area contributed by atoms with Crippen LogP contribution in [0.15, 0.2) is 42.0 Å². The highest BCUT2D eigenvalue weighted by atomic mass is 16.5. The number of nitrogens with one attached hydrogen (secondary N) is 1. The fourth-order valence-electron chi connectivity index (χ4n) is 4.82. The molecule has 9 nitrogen and oxygen atoms in total. The number of hydrogen-bond donors (Lipinski definition) is 1. The van der Waals surface area contributed by atoms with Crippen LogP contribution in [0.1, 0.15) is 22.7 Å². The van der Waals surface area contributed by atoms with Crippen molar-refractivity contribution in [2.75, 3.05) is 60.7 Å². The monoisotopic (exact) mass is 496 g/mol. The molecule has 2 aromatic carbocycles. The van der Waals surface area contributed by atoms with Gasteiger partial charge in [0.15, 0.2) is 0 Å². The van der Waals surface area contributed by atoms with Crippen LogP contribution < -0.4 is 24.2 Å². The molecule has 2 aliphatic heterocycles. The summed E-state index contributed by atoms with van der Waals surface area (Å²) in [5.74, 6) is -0.337. The molecule has 0 radical (unpaired) electrons. The Kier molecular flexibility index (Phi) is 7.81. The number of ether oxygens (including phenoxy) is 4. The highest BCUT2D eigenvalue weighted by Gasteiger charge is 2.45. The first-order chi connectivity index (χ1) is 17.4. The molecule has 1 N–H and O–H groups in total. The van der Waals surface area contributed by atoms with Crippen molar-refractivity contribution in [2.45, 2.75) is 13.0 Å². The fraction of sp³-hybridized carbons (Fsp3) is 0.407. The van der Waals surface area contributed by atoms with E-state index in [2.05, 4.69) is 0 Å². The summed E-state index contributed by atoms with van der Waals surface area (Å²) in [5.41, 5.74) is 1.49. The highest BCUT2D eigenvalue weighted by Crippen LogP contribution is 2.43. The normalized spacial score (nSPS) is 20.0. The summed E-state index contributed by atoms with van der Waals surface area (Å²) in [6.45, 7) is 5.70. The second-order valence-corrected chi connectivity index (χ2v) is 8.87. The first kappa shape index (κ1) is 25.5. The zero-order valence-electron chi connectivity index (χ0n) is 21.1. The van der Waals surface area contributed by atoms with Gasteiger partial charge in [-0.2, -0.15) is 0 Å². The molecular weight excluding hydrogens is 464 g/mol. The number of likely N-dealkylation sites (tertiary alicyclic amines) is 1. The van der Waals surface area contributed by atoms with Crippen LogP contribution in [0.3, 0.4) is 0 Å². The third kappa shape index (κ3) is 4.89. The maximum atomic E-state index is 13.8. The smallest absolute Gasteiger partial charge is 0.295 e. The molecule has 2 heterocycles. The molecule has 0 spiro atoms. The van der Waals surface area contributed by atoms with Crippen LogP contribution in [0, 0.1) is 6.92 Å². The number of Topliss-reactive ketones (excluding diaryl/α,β-unsaturated/α-hetero) is 1. The number of methoxy groups -OCH3 is 3. The number of hydrogen-bond acceptors (Lipinski definition) is 7. The van der Waals surface area contributed by atoms with Gasteiger partial charge in [0.05, 0.1) is 53.7 Å². The van der Waals surface area contributed by atoms with Gasteiger partial charge in [-0.15, -0.1) is 0 Å². The number of carbonyl (C=O) groups is 2. The topological polar surface area (TPSA) is 102 Å². The Labute approximate surface area is 210 Å². The van der Waals surface area contributed by atoms with E-state index in [4.69, 9.17) is 18.9 Å². The first-order valence-electron chi connectivity index (χ1n) is 11.9. The number of aryl methyl sites for hydroxylation is 1. The van der Waals surface area contributed by atoms with Gasteiger partial charge >= 0.3 is 0 Å². The highest BCUT2D eigenvalue weighted by molar-refractivity contribution is 6.46. The van der Waals surface area contributed by atoms with Gasteiger partial charge in [-0.05, 0) is 42.3 Å². The van der Waals surface area contributed by atoms with Gasteiger partial charge in [0, 0.05) is 17.2 Å². The Hall–Kier alpha value is -3.56. The van der Waals surface area contributed by atoms with Crippen LogP contribution >= 0.6 is 0 Å². The summed E-state index contributed by atoms with van der Waals surface area (Å²) in [6.07, 6.45) is 0. The van der Waals surface area contributed by atoms with Crippen molar-refractivity contribution >= 4 is 17.4 Å². The summed E-state index contributed by atoms with van der Waals surface area (Å²) in [5, 5.41) is 13.8. The predicted octanol–water partition coefficient (Wildman–Crippen LogP) is 0.160. The molecule has 2 aromatic rings. The Bertz CT molecular complexity index is 1170. The molecule has 0 bridgehead atoms. The number of rotatable bonds is 8. The molecule has 0 aliphatic carbocycles. The van der Waals surface area contributed by atoms with Gasteiger partial charge in [0.2, 0.25) is 5.78 Å². The van der Waals surface area contributed by atoms with Crippen molar-refractivity contribution in [2.24, 2.45) is 0 Å². The van der Waals surface area contributed by atoms with Gasteiger partial charge in [0.25, 0.3) is 5.91 Å². The van der Waals surface area contributed by atoms with E-state index in [9.17, 15) is 14.7 Å². The molecule has 2 fully saturated rings. The Morgan fingerprint density at radius 2 is 1.69 bits per heavy atom. The molecule has 4 rings (SSSR count). The lowest BCUT2D eigenvalue weighted by molar-refractivity contribution is -0.907. The molecular formula is C27H32N2O7. The molecule has 36 heavy (non-hydrogen) atoms. The van der Waals surface area contributed by atoms with E-state index in [-0.39, 0.29) is 5.57 Å². The third-order valence-corrected chi connectivity index (χ3v) is 6.85. The van der Waals surface area contributed by atoms with E-state index in [1.165, 1.54) is 16.9 Å². The van der Waals surface area contributed by atoms with Gasteiger partial charge in [-0.3, -0.25) is 9.59 Å². The molecule has 1 atom stereocenters. The van der Waals surface area contributed by atoms with Crippen molar-refractivity contribution in [1.82, 2.24) is 4.90 Å². The fourth-order valence-corrected chi connectivity index (χ4v) is 4.82. The van der Waals surface area contributed by atoms with Crippen molar-refractivity contribution in [3.63, 3.8) is 0 Å². The Morgan fingerprint density at radius 1 is 1.03 bits per heavy atom. The van der Waals surface area contributed by atoms with Gasteiger partial charge in [-0.25, -0.2) is 0 Å². The largest absolute Gasteiger partial charge is 0.872 e. The number of amides is 1. The number of morpholine rings is 1. The molecule has 0 aromatic heterocycles. The zero-order valence-corrected chi connectivity index (χ0v) is 21.1. The summed E-state index contributed by atoms with van der Waals surface area (Å²) < 4.78 is 21.6. The maximum Gasteiger partial charge on any atom is 0.295 e. The second kappa shape index (κ2) is 11.0. The van der Waals surface area contributed by atoms with E-state index in [1.807, 2.05) is 0 Å².